The molecule has 2 nitrogen and oxygen atoms in total. The fourth-order valence-electron chi connectivity index (χ4n) is 2.84. The third-order valence-electron chi connectivity index (χ3n) is 3.89. The highest BCUT2D eigenvalue weighted by molar-refractivity contribution is 5.85. The average molecular weight is 343 g/mol. The number of fused-ring (bicyclic) bond motifs is 1. The Labute approximate surface area is 139 Å². The monoisotopic (exact) mass is 342 g/mol. The van der Waals surface area contributed by atoms with Gasteiger partial charge >= 0.3 is 6.18 Å². The highest BCUT2D eigenvalue weighted by Gasteiger charge is 2.32. The van der Waals surface area contributed by atoms with Crippen molar-refractivity contribution >= 4 is 18.1 Å². The van der Waals surface area contributed by atoms with Crippen molar-refractivity contribution in [3.63, 3.8) is 0 Å². The van der Waals surface area contributed by atoms with Crippen LogP contribution in [0, 0.1) is 0 Å². The summed E-state index contributed by atoms with van der Waals surface area (Å²) in [6.45, 7) is 1.66. The van der Waals surface area contributed by atoms with Crippen molar-refractivity contribution in [2.45, 2.75) is 25.7 Å². The van der Waals surface area contributed by atoms with Gasteiger partial charge in [0.2, 0.25) is 0 Å². The number of anilines is 1. The molecule has 0 unspecified atom stereocenters. The van der Waals surface area contributed by atoms with Gasteiger partial charge in [-0.3, -0.25) is 0 Å². The molecule has 0 fully saturated rings. The molecular formula is C17H18ClF3N2. The van der Waals surface area contributed by atoms with Gasteiger partial charge in [-0.15, -0.1) is 12.4 Å². The summed E-state index contributed by atoms with van der Waals surface area (Å²) in [5.41, 5.74) is 3.20. The standard InChI is InChI=1S/C17H17F3N2.ClH/c18-17(19,20)15-7-2-1-4-13(15)10-21-11-14-6-3-5-12-8-9-22-16(12)14;/h1-7,21-22H,8-11H2;1H. The molecule has 0 saturated heterocycles. The van der Waals surface area contributed by atoms with E-state index in [0.29, 0.717) is 6.54 Å². The lowest BCUT2D eigenvalue weighted by Crippen LogP contribution is -2.17. The summed E-state index contributed by atoms with van der Waals surface area (Å²) in [4.78, 5) is 0. The molecule has 0 saturated carbocycles. The summed E-state index contributed by atoms with van der Waals surface area (Å²) >= 11 is 0. The highest BCUT2D eigenvalue weighted by Crippen LogP contribution is 2.32. The highest BCUT2D eigenvalue weighted by atomic mass is 35.5. The normalized spacial score (nSPS) is 13.2. The Balaban J connectivity index is 0.00000192. The summed E-state index contributed by atoms with van der Waals surface area (Å²) < 4.78 is 38.8. The van der Waals surface area contributed by atoms with Crippen molar-refractivity contribution in [3.05, 3.63) is 64.7 Å². The molecule has 6 heteroatoms. The second kappa shape index (κ2) is 7.23. The second-order valence-electron chi connectivity index (χ2n) is 5.39. The van der Waals surface area contributed by atoms with E-state index >= 15 is 0 Å². The summed E-state index contributed by atoms with van der Waals surface area (Å²) in [5.74, 6) is 0. The van der Waals surface area contributed by atoms with Gasteiger partial charge in [0.05, 0.1) is 5.56 Å². The molecule has 2 aromatic carbocycles. The van der Waals surface area contributed by atoms with E-state index < -0.39 is 11.7 Å². The minimum absolute atomic E-state index is 0. The van der Waals surface area contributed by atoms with Crippen LogP contribution in [0.2, 0.25) is 0 Å². The Kier molecular flexibility index (Phi) is 5.55. The molecule has 124 valence electrons. The quantitative estimate of drug-likeness (QED) is 0.861. The Morgan fingerprint density at radius 2 is 1.65 bits per heavy atom. The van der Waals surface area contributed by atoms with Gasteiger partial charge in [0.15, 0.2) is 0 Å². The Hall–Kier alpha value is -1.72. The van der Waals surface area contributed by atoms with E-state index in [9.17, 15) is 13.2 Å². The van der Waals surface area contributed by atoms with E-state index in [2.05, 4.69) is 16.7 Å². The van der Waals surface area contributed by atoms with Crippen LogP contribution >= 0.6 is 12.4 Å². The first-order valence-corrected chi connectivity index (χ1v) is 7.26. The minimum atomic E-state index is -4.31. The molecule has 1 aliphatic heterocycles. The largest absolute Gasteiger partial charge is 0.416 e. The van der Waals surface area contributed by atoms with E-state index in [0.717, 1.165) is 30.3 Å². The molecule has 0 aromatic heterocycles. The zero-order valence-corrected chi connectivity index (χ0v) is 13.2. The Morgan fingerprint density at radius 3 is 2.43 bits per heavy atom. The molecule has 0 amide bonds. The van der Waals surface area contributed by atoms with Crippen molar-refractivity contribution in [1.29, 1.82) is 0 Å². The van der Waals surface area contributed by atoms with E-state index in [4.69, 9.17) is 0 Å². The van der Waals surface area contributed by atoms with E-state index in [1.165, 1.54) is 17.7 Å². The topological polar surface area (TPSA) is 24.1 Å². The van der Waals surface area contributed by atoms with Crippen molar-refractivity contribution in [2.75, 3.05) is 11.9 Å². The number of para-hydroxylation sites is 1. The van der Waals surface area contributed by atoms with Gasteiger partial charge in [-0.2, -0.15) is 13.2 Å². The van der Waals surface area contributed by atoms with Crippen LogP contribution in [0.3, 0.4) is 0 Å². The molecule has 23 heavy (non-hydrogen) atoms. The lowest BCUT2D eigenvalue weighted by Gasteiger charge is -2.14. The zero-order chi connectivity index (χ0) is 15.6. The number of benzene rings is 2. The number of rotatable bonds is 4. The van der Waals surface area contributed by atoms with E-state index in [1.807, 2.05) is 12.1 Å². The molecule has 2 N–H and O–H groups in total. The fraction of sp³-hybridized carbons (Fsp3) is 0.294. The first kappa shape index (κ1) is 17.6. The van der Waals surface area contributed by atoms with Gasteiger partial charge < -0.3 is 10.6 Å². The predicted molar refractivity (Wildman–Crippen MR) is 87.9 cm³/mol. The van der Waals surface area contributed by atoms with Gasteiger partial charge in [0.25, 0.3) is 0 Å². The van der Waals surface area contributed by atoms with Crippen molar-refractivity contribution in [2.24, 2.45) is 0 Å². The molecule has 1 aliphatic rings. The van der Waals surface area contributed by atoms with E-state index in [1.54, 1.807) is 6.07 Å². The third-order valence-corrected chi connectivity index (χ3v) is 3.89. The molecular weight excluding hydrogens is 325 g/mol. The number of hydrogen-bond acceptors (Lipinski definition) is 2. The smallest absolute Gasteiger partial charge is 0.384 e. The minimum Gasteiger partial charge on any atom is -0.384 e. The zero-order valence-electron chi connectivity index (χ0n) is 12.4. The SMILES string of the molecule is Cl.FC(F)(F)c1ccccc1CNCc1cccc2c1NCC2. The van der Waals surface area contributed by atoms with Crippen LogP contribution in [-0.2, 0) is 25.7 Å². The first-order chi connectivity index (χ1) is 10.6. The predicted octanol–water partition coefficient (Wildman–Crippen LogP) is 4.39. The first-order valence-electron chi connectivity index (χ1n) is 7.26. The number of hydrogen-bond donors (Lipinski definition) is 2. The van der Waals surface area contributed by atoms with Gasteiger partial charge in [-0.1, -0.05) is 36.4 Å². The maximum atomic E-state index is 12.9. The van der Waals surface area contributed by atoms with Crippen LogP contribution < -0.4 is 10.6 Å². The third kappa shape index (κ3) is 3.98. The molecule has 3 rings (SSSR count). The van der Waals surface area contributed by atoms with Crippen LogP contribution in [-0.4, -0.2) is 6.54 Å². The van der Waals surface area contributed by atoms with Crippen molar-refractivity contribution < 1.29 is 13.2 Å². The number of alkyl halides is 3. The molecule has 2 aromatic rings. The van der Waals surface area contributed by atoms with Crippen LogP contribution in [0.5, 0.6) is 0 Å². The van der Waals surface area contributed by atoms with Crippen molar-refractivity contribution in [3.8, 4) is 0 Å². The van der Waals surface area contributed by atoms with Crippen LogP contribution in [0.1, 0.15) is 22.3 Å². The Bertz CT molecular complexity index is 671. The van der Waals surface area contributed by atoms with Gasteiger partial charge in [0.1, 0.15) is 0 Å². The summed E-state index contributed by atoms with van der Waals surface area (Å²) in [6.07, 6.45) is -3.31. The molecule has 0 aliphatic carbocycles. The van der Waals surface area contributed by atoms with Crippen LogP contribution in [0.25, 0.3) is 0 Å². The molecule has 1 heterocycles. The number of halogens is 4. The van der Waals surface area contributed by atoms with Crippen molar-refractivity contribution in [1.82, 2.24) is 5.32 Å². The maximum Gasteiger partial charge on any atom is 0.416 e. The second-order valence-corrected chi connectivity index (χ2v) is 5.39. The van der Waals surface area contributed by atoms with Gasteiger partial charge in [-0.05, 0) is 29.2 Å². The van der Waals surface area contributed by atoms with Gasteiger partial charge in [-0.25, -0.2) is 0 Å². The molecule has 0 atom stereocenters. The summed E-state index contributed by atoms with van der Waals surface area (Å²) in [6, 6.07) is 11.8. The number of nitrogens with one attached hydrogen (secondary N) is 2. The lowest BCUT2D eigenvalue weighted by molar-refractivity contribution is -0.138. The molecule has 0 bridgehead atoms. The van der Waals surface area contributed by atoms with E-state index in [-0.39, 0.29) is 24.5 Å². The van der Waals surface area contributed by atoms with Crippen LogP contribution in [0.15, 0.2) is 42.5 Å². The average Bonchev–Trinajstić information content (AvgIpc) is 2.96. The molecule has 0 radical (unpaired) electrons. The Morgan fingerprint density at radius 1 is 0.957 bits per heavy atom. The summed E-state index contributed by atoms with van der Waals surface area (Å²) in [5, 5.41) is 6.45. The van der Waals surface area contributed by atoms with Crippen LogP contribution in [0.4, 0.5) is 18.9 Å². The fourth-order valence-corrected chi connectivity index (χ4v) is 2.84. The summed E-state index contributed by atoms with van der Waals surface area (Å²) in [7, 11) is 0. The maximum absolute atomic E-state index is 12.9. The van der Waals surface area contributed by atoms with Gasteiger partial charge in [0, 0.05) is 25.3 Å². The lowest BCUT2D eigenvalue weighted by atomic mass is 10.1. The molecule has 0 spiro atoms.